The van der Waals surface area contributed by atoms with E-state index in [0.29, 0.717) is 12.1 Å². The molecule has 0 aliphatic carbocycles. The molecule has 0 saturated carbocycles. The van der Waals surface area contributed by atoms with Crippen LogP contribution in [0.25, 0.3) is 0 Å². The Morgan fingerprint density at radius 3 is 1.34 bits per heavy atom. The molecular weight excluding hydrogens is 352 g/mol. The predicted molar refractivity (Wildman–Crippen MR) is 127 cm³/mol. The van der Waals surface area contributed by atoms with Gasteiger partial charge in [0.2, 0.25) is 0 Å². The lowest BCUT2D eigenvalue weighted by molar-refractivity contribution is 0.245. The molecule has 2 heteroatoms. The van der Waals surface area contributed by atoms with Crippen LogP contribution in [0.3, 0.4) is 0 Å². The van der Waals surface area contributed by atoms with Crippen molar-refractivity contribution >= 4 is 0 Å². The summed E-state index contributed by atoms with van der Waals surface area (Å²) in [5.41, 5.74) is 2.20. The van der Waals surface area contributed by atoms with Crippen molar-refractivity contribution in [3.8, 4) is 0 Å². The maximum atomic E-state index is 4.03. The van der Waals surface area contributed by atoms with Gasteiger partial charge >= 0.3 is 0 Å². The molecule has 2 nitrogen and oxygen atoms in total. The molecule has 0 saturated heterocycles. The summed E-state index contributed by atoms with van der Waals surface area (Å²) in [6.07, 6.45) is 10.1. The Morgan fingerprint density at radius 1 is 0.621 bits per heavy atom. The van der Waals surface area contributed by atoms with Crippen LogP contribution in [0.15, 0.2) is 60.7 Å². The smallest absolute Gasteiger partial charge is 0.122 e. The molecule has 0 aromatic heterocycles. The zero-order chi connectivity index (χ0) is 21.0. The molecule has 160 valence electrons. The molecule has 0 radical (unpaired) electrons. The second kappa shape index (κ2) is 12.8. The standard InChI is InChI=1S/C27H42N2/c1-5-7-11-17-23(3)28-27(25-19-13-9-14-20-25,26-21-15-10-16-22-26)29-24(4)18-12-8-6-2/h9-10,13-16,19-24,28-29H,5-8,11-12,17-18H2,1-4H3. The van der Waals surface area contributed by atoms with Crippen LogP contribution in [0.1, 0.15) is 90.2 Å². The van der Waals surface area contributed by atoms with Gasteiger partial charge in [0.15, 0.2) is 0 Å². The third-order valence-corrected chi connectivity index (χ3v) is 5.82. The van der Waals surface area contributed by atoms with E-state index in [-0.39, 0.29) is 5.66 Å². The molecule has 0 fully saturated rings. The lowest BCUT2D eigenvalue weighted by Crippen LogP contribution is -2.60. The molecular formula is C27H42N2. The number of hydrogen-bond donors (Lipinski definition) is 2. The molecule has 0 aliphatic heterocycles. The summed E-state index contributed by atoms with van der Waals surface area (Å²) in [5, 5.41) is 8.06. The van der Waals surface area contributed by atoms with Crippen molar-refractivity contribution in [2.24, 2.45) is 0 Å². The summed E-state index contributed by atoms with van der Waals surface area (Å²) in [6, 6.07) is 22.7. The largest absolute Gasteiger partial charge is 0.289 e. The minimum atomic E-state index is -0.375. The SMILES string of the molecule is CCCCCC(C)NC(NC(C)CCCCC)(c1ccccc1)c1ccccc1. The first-order chi connectivity index (χ1) is 14.1. The van der Waals surface area contributed by atoms with Crippen molar-refractivity contribution in [2.45, 2.75) is 96.8 Å². The fraction of sp³-hybridized carbons (Fsp3) is 0.556. The van der Waals surface area contributed by atoms with Gasteiger partial charge in [0.1, 0.15) is 5.66 Å². The van der Waals surface area contributed by atoms with Crippen LogP contribution in [-0.2, 0) is 5.66 Å². The second-order valence-electron chi connectivity index (χ2n) is 8.56. The van der Waals surface area contributed by atoms with Gasteiger partial charge in [0, 0.05) is 12.1 Å². The monoisotopic (exact) mass is 394 g/mol. The fourth-order valence-corrected chi connectivity index (χ4v) is 4.20. The summed E-state index contributed by atoms with van der Waals surface area (Å²) in [7, 11) is 0. The Kier molecular flexibility index (Phi) is 10.5. The highest BCUT2D eigenvalue weighted by molar-refractivity contribution is 5.38. The number of hydrogen-bond acceptors (Lipinski definition) is 2. The minimum absolute atomic E-state index is 0.375. The summed E-state index contributed by atoms with van der Waals surface area (Å²) in [5.74, 6) is 0. The first kappa shape index (κ1) is 23.6. The summed E-state index contributed by atoms with van der Waals surface area (Å²) >= 11 is 0. The third kappa shape index (κ3) is 7.28. The molecule has 0 amide bonds. The average Bonchev–Trinajstić information content (AvgIpc) is 2.75. The summed E-state index contributed by atoms with van der Waals surface area (Å²) in [6.45, 7) is 9.21. The zero-order valence-electron chi connectivity index (χ0n) is 19.1. The highest BCUT2D eigenvalue weighted by atomic mass is 15.2. The Morgan fingerprint density at radius 2 is 1.00 bits per heavy atom. The van der Waals surface area contributed by atoms with Crippen molar-refractivity contribution in [3.63, 3.8) is 0 Å². The van der Waals surface area contributed by atoms with E-state index in [1.54, 1.807) is 0 Å². The van der Waals surface area contributed by atoms with E-state index in [1.165, 1.54) is 62.5 Å². The fourth-order valence-electron chi connectivity index (χ4n) is 4.20. The zero-order valence-corrected chi connectivity index (χ0v) is 19.1. The van der Waals surface area contributed by atoms with E-state index in [9.17, 15) is 0 Å². The van der Waals surface area contributed by atoms with Gasteiger partial charge < -0.3 is 0 Å². The quantitative estimate of drug-likeness (QED) is 0.266. The van der Waals surface area contributed by atoms with E-state index < -0.39 is 0 Å². The molecule has 29 heavy (non-hydrogen) atoms. The maximum Gasteiger partial charge on any atom is 0.122 e. The lowest BCUT2D eigenvalue weighted by atomic mass is 9.88. The van der Waals surface area contributed by atoms with Crippen molar-refractivity contribution in [2.75, 3.05) is 0 Å². The van der Waals surface area contributed by atoms with Crippen LogP contribution in [0.5, 0.6) is 0 Å². The van der Waals surface area contributed by atoms with Crippen LogP contribution in [0.4, 0.5) is 0 Å². The topological polar surface area (TPSA) is 24.1 Å². The predicted octanol–water partition coefficient (Wildman–Crippen LogP) is 7.00. The molecule has 0 spiro atoms. The first-order valence-electron chi connectivity index (χ1n) is 11.8. The summed E-state index contributed by atoms with van der Waals surface area (Å²) < 4.78 is 0. The van der Waals surface area contributed by atoms with Crippen LogP contribution in [0, 0.1) is 0 Å². The molecule has 2 aromatic rings. The van der Waals surface area contributed by atoms with Gasteiger partial charge in [-0.2, -0.15) is 0 Å². The maximum absolute atomic E-state index is 4.03. The van der Waals surface area contributed by atoms with Crippen molar-refractivity contribution in [1.29, 1.82) is 0 Å². The van der Waals surface area contributed by atoms with Gasteiger partial charge in [0.25, 0.3) is 0 Å². The molecule has 2 N–H and O–H groups in total. The van der Waals surface area contributed by atoms with E-state index >= 15 is 0 Å². The van der Waals surface area contributed by atoms with Gasteiger partial charge in [0.05, 0.1) is 0 Å². The molecule has 0 aliphatic rings. The van der Waals surface area contributed by atoms with E-state index in [1.807, 2.05) is 0 Å². The van der Waals surface area contributed by atoms with E-state index in [0.717, 1.165) is 0 Å². The van der Waals surface area contributed by atoms with Crippen LogP contribution < -0.4 is 10.6 Å². The first-order valence-corrected chi connectivity index (χ1v) is 11.8. The Balaban J connectivity index is 2.36. The minimum Gasteiger partial charge on any atom is -0.289 e. The second-order valence-corrected chi connectivity index (χ2v) is 8.56. The number of nitrogens with one attached hydrogen (secondary N) is 2. The lowest BCUT2D eigenvalue weighted by Gasteiger charge is -2.42. The Bertz CT molecular complexity index is 593. The van der Waals surface area contributed by atoms with Crippen molar-refractivity contribution in [3.05, 3.63) is 71.8 Å². The molecule has 2 rings (SSSR count). The average molecular weight is 395 g/mol. The van der Waals surface area contributed by atoms with Gasteiger partial charge in [-0.3, -0.25) is 10.6 Å². The van der Waals surface area contributed by atoms with Gasteiger partial charge in [-0.1, -0.05) is 113 Å². The summed E-state index contributed by atoms with van der Waals surface area (Å²) in [4.78, 5) is 0. The van der Waals surface area contributed by atoms with E-state index in [2.05, 4.69) is 99.0 Å². The van der Waals surface area contributed by atoms with Gasteiger partial charge in [-0.05, 0) is 37.8 Å². The Labute approximate surface area is 179 Å². The molecule has 2 aromatic carbocycles. The Hall–Kier alpha value is -1.64. The number of rotatable bonds is 14. The number of benzene rings is 2. The van der Waals surface area contributed by atoms with E-state index in [4.69, 9.17) is 0 Å². The van der Waals surface area contributed by atoms with Gasteiger partial charge in [-0.25, -0.2) is 0 Å². The van der Waals surface area contributed by atoms with Crippen molar-refractivity contribution < 1.29 is 0 Å². The van der Waals surface area contributed by atoms with Crippen molar-refractivity contribution in [1.82, 2.24) is 10.6 Å². The van der Waals surface area contributed by atoms with Gasteiger partial charge in [-0.15, -0.1) is 0 Å². The third-order valence-electron chi connectivity index (χ3n) is 5.82. The van der Waals surface area contributed by atoms with Crippen LogP contribution >= 0.6 is 0 Å². The highest BCUT2D eigenvalue weighted by Crippen LogP contribution is 2.29. The highest BCUT2D eigenvalue weighted by Gasteiger charge is 2.36. The number of unbranched alkanes of at least 4 members (excludes halogenated alkanes) is 4. The normalized spacial score (nSPS) is 13.9. The molecule has 2 atom stereocenters. The van der Waals surface area contributed by atoms with Crippen LogP contribution in [0.2, 0.25) is 0 Å². The van der Waals surface area contributed by atoms with Crippen LogP contribution in [-0.4, -0.2) is 12.1 Å². The molecule has 0 heterocycles. The molecule has 2 unspecified atom stereocenters. The molecule has 0 bridgehead atoms.